The molecule has 0 atom stereocenters. The zero-order chi connectivity index (χ0) is 10.9. The molecule has 0 radical (unpaired) electrons. The number of hydrogen-bond donors (Lipinski definition) is 1. The standard InChI is InChI=1S/C10H18N2O2/c1-7(2)12-9(10(3,4)13)8(14-5)6-11-12/h6-7,13H,1-5H3. The highest BCUT2D eigenvalue weighted by molar-refractivity contribution is 5.30. The second-order valence-corrected chi connectivity index (χ2v) is 4.16. The number of nitrogens with zero attached hydrogens (tertiary/aromatic N) is 2. The van der Waals surface area contributed by atoms with E-state index in [1.165, 1.54) is 0 Å². The van der Waals surface area contributed by atoms with E-state index in [4.69, 9.17) is 4.74 Å². The minimum atomic E-state index is -0.938. The summed E-state index contributed by atoms with van der Waals surface area (Å²) >= 11 is 0. The van der Waals surface area contributed by atoms with E-state index in [0.717, 1.165) is 5.69 Å². The van der Waals surface area contributed by atoms with Crippen molar-refractivity contribution in [2.75, 3.05) is 7.11 Å². The van der Waals surface area contributed by atoms with Gasteiger partial charge < -0.3 is 9.84 Å². The summed E-state index contributed by atoms with van der Waals surface area (Å²) in [6, 6.07) is 0.209. The van der Waals surface area contributed by atoms with Crippen LogP contribution in [0.15, 0.2) is 6.20 Å². The highest BCUT2D eigenvalue weighted by atomic mass is 16.5. The molecular weight excluding hydrogens is 180 g/mol. The highest BCUT2D eigenvalue weighted by Crippen LogP contribution is 2.30. The Balaban J connectivity index is 3.27. The van der Waals surface area contributed by atoms with Crippen LogP contribution in [0.5, 0.6) is 5.75 Å². The number of rotatable bonds is 3. The van der Waals surface area contributed by atoms with Gasteiger partial charge in [-0.2, -0.15) is 5.10 Å². The lowest BCUT2D eigenvalue weighted by molar-refractivity contribution is 0.0640. The van der Waals surface area contributed by atoms with Crippen LogP contribution in [0.3, 0.4) is 0 Å². The molecule has 0 saturated carbocycles. The average Bonchev–Trinajstić information content (AvgIpc) is 2.45. The Morgan fingerprint density at radius 3 is 2.43 bits per heavy atom. The Hall–Kier alpha value is -1.03. The third-order valence-electron chi connectivity index (χ3n) is 2.05. The first-order valence-corrected chi connectivity index (χ1v) is 4.72. The van der Waals surface area contributed by atoms with Crippen LogP contribution < -0.4 is 4.74 Å². The van der Waals surface area contributed by atoms with Crippen LogP contribution in [0.2, 0.25) is 0 Å². The van der Waals surface area contributed by atoms with E-state index in [-0.39, 0.29) is 6.04 Å². The molecule has 80 valence electrons. The molecule has 1 rings (SSSR count). The second-order valence-electron chi connectivity index (χ2n) is 4.16. The number of aliphatic hydroxyl groups is 1. The summed E-state index contributed by atoms with van der Waals surface area (Å²) in [5.74, 6) is 0.631. The second kappa shape index (κ2) is 3.61. The molecule has 0 bridgehead atoms. The minimum absolute atomic E-state index is 0.209. The summed E-state index contributed by atoms with van der Waals surface area (Å²) in [5.41, 5.74) is -0.221. The predicted octanol–water partition coefficient (Wildman–Crippen LogP) is 1.70. The van der Waals surface area contributed by atoms with Gasteiger partial charge in [-0.05, 0) is 27.7 Å². The molecule has 0 fully saturated rings. The Labute approximate surface area is 84.5 Å². The van der Waals surface area contributed by atoms with Crippen molar-refractivity contribution in [2.24, 2.45) is 0 Å². The van der Waals surface area contributed by atoms with Crippen LogP contribution >= 0.6 is 0 Å². The lowest BCUT2D eigenvalue weighted by atomic mass is 10.0. The van der Waals surface area contributed by atoms with Gasteiger partial charge in [0.2, 0.25) is 0 Å². The summed E-state index contributed by atoms with van der Waals surface area (Å²) in [7, 11) is 1.58. The summed E-state index contributed by atoms with van der Waals surface area (Å²) in [5, 5.41) is 14.2. The summed E-state index contributed by atoms with van der Waals surface area (Å²) in [6.07, 6.45) is 1.63. The van der Waals surface area contributed by atoms with Gasteiger partial charge in [0.25, 0.3) is 0 Å². The number of hydrogen-bond acceptors (Lipinski definition) is 3. The summed E-state index contributed by atoms with van der Waals surface area (Å²) in [6.45, 7) is 7.49. The van der Waals surface area contributed by atoms with Gasteiger partial charge in [-0.1, -0.05) is 0 Å². The van der Waals surface area contributed by atoms with Gasteiger partial charge in [-0.25, -0.2) is 0 Å². The zero-order valence-corrected chi connectivity index (χ0v) is 9.40. The molecule has 0 aromatic carbocycles. The Bertz CT molecular complexity index is 310. The molecule has 1 N–H and O–H groups in total. The van der Waals surface area contributed by atoms with Crippen molar-refractivity contribution in [1.29, 1.82) is 0 Å². The predicted molar refractivity (Wildman–Crippen MR) is 54.4 cm³/mol. The molecule has 0 spiro atoms. The van der Waals surface area contributed by atoms with Gasteiger partial charge in [0.1, 0.15) is 11.3 Å². The van der Waals surface area contributed by atoms with Crippen LogP contribution in [0.25, 0.3) is 0 Å². The number of methoxy groups -OCH3 is 1. The van der Waals surface area contributed by atoms with Crippen molar-refractivity contribution in [3.63, 3.8) is 0 Å². The summed E-state index contributed by atoms with van der Waals surface area (Å²) < 4.78 is 6.94. The molecule has 4 nitrogen and oxygen atoms in total. The van der Waals surface area contributed by atoms with Crippen LogP contribution in [0, 0.1) is 0 Å². The molecule has 4 heteroatoms. The van der Waals surface area contributed by atoms with Crippen molar-refractivity contribution in [3.8, 4) is 5.75 Å². The lowest BCUT2D eigenvalue weighted by Gasteiger charge is -2.22. The van der Waals surface area contributed by atoms with Gasteiger partial charge in [-0.3, -0.25) is 4.68 Å². The number of ether oxygens (including phenoxy) is 1. The molecule has 1 heterocycles. The Kier molecular flexibility index (Phi) is 2.85. The van der Waals surface area contributed by atoms with E-state index in [1.54, 1.807) is 31.8 Å². The first-order valence-electron chi connectivity index (χ1n) is 4.72. The normalized spacial score (nSPS) is 12.2. The van der Waals surface area contributed by atoms with Gasteiger partial charge in [-0.15, -0.1) is 0 Å². The molecule has 0 amide bonds. The van der Waals surface area contributed by atoms with E-state index in [1.807, 2.05) is 13.8 Å². The largest absolute Gasteiger partial charge is 0.493 e. The maximum atomic E-state index is 9.98. The van der Waals surface area contributed by atoms with Crippen LogP contribution in [0.1, 0.15) is 39.4 Å². The van der Waals surface area contributed by atoms with Crippen molar-refractivity contribution < 1.29 is 9.84 Å². The third kappa shape index (κ3) is 1.90. The molecule has 0 aliphatic carbocycles. The molecule has 1 aromatic heterocycles. The molecule has 0 aliphatic rings. The molecule has 0 unspecified atom stereocenters. The lowest BCUT2D eigenvalue weighted by Crippen LogP contribution is -2.23. The van der Waals surface area contributed by atoms with Crippen molar-refractivity contribution in [3.05, 3.63) is 11.9 Å². The van der Waals surface area contributed by atoms with Crippen molar-refractivity contribution >= 4 is 0 Å². The minimum Gasteiger partial charge on any atom is -0.493 e. The maximum Gasteiger partial charge on any atom is 0.162 e. The van der Waals surface area contributed by atoms with E-state index in [2.05, 4.69) is 5.10 Å². The molecule has 0 saturated heterocycles. The highest BCUT2D eigenvalue weighted by Gasteiger charge is 2.27. The molecular formula is C10H18N2O2. The Morgan fingerprint density at radius 1 is 1.50 bits per heavy atom. The van der Waals surface area contributed by atoms with E-state index >= 15 is 0 Å². The fraction of sp³-hybridized carbons (Fsp3) is 0.700. The monoisotopic (exact) mass is 198 g/mol. The smallest absolute Gasteiger partial charge is 0.162 e. The SMILES string of the molecule is COc1cnn(C(C)C)c1C(C)(C)O. The fourth-order valence-corrected chi connectivity index (χ4v) is 1.47. The van der Waals surface area contributed by atoms with Gasteiger partial charge in [0.15, 0.2) is 5.75 Å². The first-order chi connectivity index (χ1) is 6.38. The van der Waals surface area contributed by atoms with E-state index in [9.17, 15) is 5.11 Å². The topological polar surface area (TPSA) is 47.3 Å². The molecule has 1 aromatic rings. The maximum absolute atomic E-state index is 9.98. The average molecular weight is 198 g/mol. The van der Waals surface area contributed by atoms with Crippen LogP contribution in [0.4, 0.5) is 0 Å². The van der Waals surface area contributed by atoms with Crippen molar-refractivity contribution in [2.45, 2.75) is 39.3 Å². The van der Waals surface area contributed by atoms with Gasteiger partial charge >= 0.3 is 0 Å². The quantitative estimate of drug-likeness (QED) is 0.804. The fourth-order valence-electron chi connectivity index (χ4n) is 1.47. The Morgan fingerprint density at radius 2 is 2.07 bits per heavy atom. The van der Waals surface area contributed by atoms with E-state index < -0.39 is 5.60 Å². The molecule has 14 heavy (non-hydrogen) atoms. The van der Waals surface area contributed by atoms with Gasteiger partial charge in [0, 0.05) is 6.04 Å². The number of aromatic nitrogens is 2. The summed E-state index contributed by atoms with van der Waals surface area (Å²) in [4.78, 5) is 0. The van der Waals surface area contributed by atoms with Crippen LogP contribution in [-0.4, -0.2) is 22.0 Å². The first kappa shape index (κ1) is 11.0. The van der Waals surface area contributed by atoms with Gasteiger partial charge in [0.05, 0.1) is 13.3 Å². The van der Waals surface area contributed by atoms with Crippen LogP contribution in [-0.2, 0) is 5.60 Å². The van der Waals surface area contributed by atoms with E-state index in [0.29, 0.717) is 5.75 Å². The zero-order valence-electron chi connectivity index (χ0n) is 9.40. The third-order valence-corrected chi connectivity index (χ3v) is 2.05. The van der Waals surface area contributed by atoms with Crippen molar-refractivity contribution in [1.82, 2.24) is 9.78 Å². The molecule has 0 aliphatic heterocycles.